The van der Waals surface area contributed by atoms with Crippen molar-refractivity contribution in [2.75, 3.05) is 6.54 Å². The van der Waals surface area contributed by atoms with E-state index in [-0.39, 0.29) is 17.2 Å². The SMILES string of the molecule is CCCC(CCC)C(=O)NCC(O)CC(C)(C)C. The number of aliphatic hydroxyl groups excluding tert-OH is 1. The van der Waals surface area contributed by atoms with E-state index >= 15 is 0 Å². The third-order valence-corrected chi connectivity index (χ3v) is 3.00. The first-order chi connectivity index (χ1) is 8.30. The minimum atomic E-state index is -0.446. The maximum atomic E-state index is 12.0. The number of carbonyl (C=O) groups excluding carboxylic acids is 1. The van der Waals surface area contributed by atoms with Crippen molar-refractivity contribution in [2.45, 2.75) is 72.8 Å². The van der Waals surface area contributed by atoms with Crippen LogP contribution in [0, 0.1) is 11.3 Å². The maximum Gasteiger partial charge on any atom is 0.223 e. The molecule has 0 spiro atoms. The van der Waals surface area contributed by atoms with Crippen LogP contribution in [0.25, 0.3) is 0 Å². The monoisotopic (exact) mass is 257 g/mol. The van der Waals surface area contributed by atoms with Crippen LogP contribution in [0.5, 0.6) is 0 Å². The van der Waals surface area contributed by atoms with Crippen molar-refractivity contribution >= 4 is 5.91 Å². The first-order valence-corrected chi connectivity index (χ1v) is 7.26. The lowest BCUT2D eigenvalue weighted by atomic mass is 9.89. The standard InChI is InChI=1S/C15H31NO2/c1-6-8-12(9-7-2)14(18)16-11-13(17)10-15(3,4)5/h12-13,17H,6-11H2,1-5H3,(H,16,18). The lowest BCUT2D eigenvalue weighted by molar-refractivity contribution is -0.126. The second-order valence-corrected chi connectivity index (χ2v) is 6.44. The molecule has 18 heavy (non-hydrogen) atoms. The first kappa shape index (κ1) is 17.4. The third-order valence-electron chi connectivity index (χ3n) is 3.00. The zero-order valence-corrected chi connectivity index (χ0v) is 12.8. The topological polar surface area (TPSA) is 49.3 Å². The quantitative estimate of drug-likeness (QED) is 0.702. The third kappa shape index (κ3) is 8.51. The molecule has 3 nitrogen and oxygen atoms in total. The van der Waals surface area contributed by atoms with Gasteiger partial charge in [-0.25, -0.2) is 0 Å². The van der Waals surface area contributed by atoms with E-state index in [1.54, 1.807) is 0 Å². The van der Waals surface area contributed by atoms with E-state index in [0.29, 0.717) is 13.0 Å². The van der Waals surface area contributed by atoms with Crippen LogP contribution in [-0.2, 0) is 4.79 Å². The van der Waals surface area contributed by atoms with Gasteiger partial charge in [-0.3, -0.25) is 4.79 Å². The van der Waals surface area contributed by atoms with E-state index in [1.807, 2.05) is 0 Å². The molecule has 0 saturated heterocycles. The van der Waals surface area contributed by atoms with Gasteiger partial charge in [-0.1, -0.05) is 47.5 Å². The smallest absolute Gasteiger partial charge is 0.223 e. The average molecular weight is 257 g/mol. The molecule has 0 aromatic rings. The van der Waals surface area contributed by atoms with Crippen LogP contribution in [0.4, 0.5) is 0 Å². The van der Waals surface area contributed by atoms with Crippen molar-refractivity contribution in [1.29, 1.82) is 0 Å². The molecule has 108 valence electrons. The Hall–Kier alpha value is -0.570. The highest BCUT2D eigenvalue weighted by Gasteiger charge is 2.20. The molecule has 0 rings (SSSR count). The van der Waals surface area contributed by atoms with Gasteiger partial charge < -0.3 is 10.4 Å². The molecule has 1 amide bonds. The highest BCUT2D eigenvalue weighted by Crippen LogP contribution is 2.20. The summed E-state index contributed by atoms with van der Waals surface area (Å²) in [6, 6.07) is 0. The number of rotatable bonds is 8. The summed E-state index contributed by atoms with van der Waals surface area (Å²) >= 11 is 0. The average Bonchev–Trinajstić information content (AvgIpc) is 2.23. The minimum Gasteiger partial charge on any atom is -0.391 e. The van der Waals surface area contributed by atoms with Crippen LogP contribution >= 0.6 is 0 Å². The van der Waals surface area contributed by atoms with Gasteiger partial charge in [0.25, 0.3) is 0 Å². The highest BCUT2D eigenvalue weighted by atomic mass is 16.3. The molecule has 1 unspecified atom stereocenters. The van der Waals surface area contributed by atoms with E-state index in [0.717, 1.165) is 25.7 Å². The van der Waals surface area contributed by atoms with Gasteiger partial charge in [0, 0.05) is 12.5 Å². The summed E-state index contributed by atoms with van der Waals surface area (Å²) < 4.78 is 0. The van der Waals surface area contributed by atoms with Gasteiger partial charge in [-0.2, -0.15) is 0 Å². The fourth-order valence-corrected chi connectivity index (χ4v) is 2.25. The fourth-order valence-electron chi connectivity index (χ4n) is 2.25. The Labute approximate surface area is 112 Å². The molecular weight excluding hydrogens is 226 g/mol. The zero-order valence-electron chi connectivity index (χ0n) is 12.8. The Morgan fingerprint density at radius 1 is 1.17 bits per heavy atom. The number of hydrogen-bond acceptors (Lipinski definition) is 2. The molecule has 0 saturated carbocycles. The Morgan fingerprint density at radius 3 is 2.06 bits per heavy atom. The number of amides is 1. The maximum absolute atomic E-state index is 12.0. The van der Waals surface area contributed by atoms with Crippen LogP contribution in [0.2, 0.25) is 0 Å². The molecule has 0 aromatic carbocycles. The van der Waals surface area contributed by atoms with Crippen molar-refractivity contribution in [3.8, 4) is 0 Å². The summed E-state index contributed by atoms with van der Waals surface area (Å²) in [6.45, 7) is 10.9. The van der Waals surface area contributed by atoms with Crippen molar-refractivity contribution in [1.82, 2.24) is 5.32 Å². The van der Waals surface area contributed by atoms with Crippen LogP contribution in [-0.4, -0.2) is 23.7 Å². The molecule has 0 fully saturated rings. The molecule has 1 atom stereocenters. The largest absolute Gasteiger partial charge is 0.391 e. The van der Waals surface area contributed by atoms with E-state index in [2.05, 4.69) is 39.9 Å². The van der Waals surface area contributed by atoms with Crippen LogP contribution in [0.15, 0.2) is 0 Å². The highest BCUT2D eigenvalue weighted by molar-refractivity contribution is 5.78. The number of hydrogen-bond donors (Lipinski definition) is 2. The molecule has 0 heterocycles. The van der Waals surface area contributed by atoms with Gasteiger partial charge in [0.2, 0.25) is 5.91 Å². The Bertz CT molecular complexity index is 227. The molecule has 0 aromatic heterocycles. The second kappa shape index (κ2) is 8.52. The molecular formula is C15H31NO2. The van der Waals surface area contributed by atoms with E-state index in [4.69, 9.17) is 0 Å². The fraction of sp³-hybridized carbons (Fsp3) is 0.933. The first-order valence-electron chi connectivity index (χ1n) is 7.26. The predicted octanol–water partition coefficient (Wildman–Crippen LogP) is 3.12. The van der Waals surface area contributed by atoms with Crippen LogP contribution < -0.4 is 5.32 Å². The van der Waals surface area contributed by atoms with Gasteiger partial charge in [0.15, 0.2) is 0 Å². The zero-order chi connectivity index (χ0) is 14.2. The van der Waals surface area contributed by atoms with Gasteiger partial charge in [-0.15, -0.1) is 0 Å². The van der Waals surface area contributed by atoms with Gasteiger partial charge >= 0.3 is 0 Å². The van der Waals surface area contributed by atoms with E-state index in [9.17, 15) is 9.90 Å². The Kier molecular flexibility index (Phi) is 8.25. The normalized spacial score (nSPS) is 13.7. The van der Waals surface area contributed by atoms with E-state index in [1.165, 1.54) is 0 Å². The summed E-state index contributed by atoms with van der Waals surface area (Å²) in [5.74, 6) is 0.216. The van der Waals surface area contributed by atoms with Crippen LogP contribution in [0.3, 0.4) is 0 Å². The molecule has 0 bridgehead atoms. The lowest BCUT2D eigenvalue weighted by Crippen LogP contribution is -2.37. The van der Waals surface area contributed by atoms with Gasteiger partial charge in [0.1, 0.15) is 0 Å². The van der Waals surface area contributed by atoms with Gasteiger partial charge in [-0.05, 0) is 24.7 Å². The molecule has 3 heteroatoms. The second-order valence-electron chi connectivity index (χ2n) is 6.44. The Morgan fingerprint density at radius 2 is 1.67 bits per heavy atom. The summed E-state index contributed by atoms with van der Waals surface area (Å²) in [7, 11) is 0. The summed E-state index contributed by atoms with van der Waals surface area (Å²) in [5, 5.41) is 12.7. The number of carbonyl (C=O) groups is 1. The van der Waals surface area contributed by atoms with Crippen molar-refractivity contribution in [3.05, 3.63) is 0 Å². The molecule has 0 aliphatic carbocycles. The van der Waals surface area contributed by atoms with Gasteiger partial charge in [0.05, 0.1) is 6.10 Å². The number of nitrogens with one attached hydrogen (secondary N) is 1. The van der Waals surface area contributed by atoms with E-state index < -0.39 is 6.10 Å². The Balaban J connectivity index is 4.06. The summed E-state index contributed by atoms with van der Waals surface area (Å²) in [4.78, 5) is 12.0. The van der Waals surface area contributed by atoms with Crippen molar-refractivity contribution in [3.63, 3.8) is 0 Å². The number of aliphatic hydroxyl groups is 1. The molecule has 0 aliphatic heterocycles. The lowest BCUT2D eigenvalue weighted by Gasteiger charge is -2.23. The molecule has 2 N–H and O–H groups in total. The summed E-state index contributed by atoms with van der Waals surface area (Å²) in [6.07, 6.45) is 4.20. The molecule has 0 aliphatic rings. The summed E-state index contributed by atoms with van der Waals surface area (Å²) in [5.41, 5.74) is 0.0936. The van der Waals surface area contributed by atoms with Crippen molar-refractivity contribution < 1.29 is 9.90 Å². The minimum absolute atomic E-state index is 0.0936. The van der Waals surface area contributed by atoms with Crippen molar-refractivity contribution in [2.24, 2.45) is 11.3 Å². The van der Waals surface area contributed by atoms with Crippen LogP contribution in [0.1, 0.15) is 66.7 Å². The predicted molar refractivity (Wildman–Crippen MR) is 76.4 cm³/mol. The molecule has 0 radical (unpaired) electrons.